The Balaban J connectivity index is 6.06. The van der Waals surface area contributed by atoms with E-state index in [2.05, 4.69) is 3.63 Å². The Kier molecular flexibility index (Phi) is 7.78. The maximum atomic E-state index is 13.6. The van der Waals surface area contributed by atoms with Gasteiger partial charge in [-0.1, -0.05) is 13.3 Å². The second-order valence-corrected chi connectivity index (χ2v) is 10.1. The first-order valence-corrected chi connectivity index (χ1v) is 10.6. The smallest absolute Gasteiger partial charge is 0.284 e. The van der Waals surface area contributed by atoms with E-state index in [1.807, 2.05) is 0 Å². The summed E-state index contributed by atoms with van der Waals surface area (Å²) in [5, 5.41) is -7.17. The van der Waals surface area contributed by atoms with Crippen LogP contribution in [0.5, 0.6) is 0 Å². The average Bonchev–Trinajstić information content (AvgIpc) is 2.44. The van der Waals surface area contributed by atoms with Gasteiger partial charge < -0.3 is 0 Å². The summed E-state index contributed by atoms with van der Waals surface area (Å²) >= 11 is 0. The molecular formula is C11H15F11O4S2. The third kappa shape index (κ3) is 4.77. The molecule has 0 aliphatic carbocycles. The molecule has 0 saturated heterocycles. The number of hydrogen-bond donors (Lipinski definition) is 0. The van der Waals surface area contributed by atoms with Gasteiger partial charge in [-0.15, -0.1) is 0 Å². The van der Waals surface area contributed by atoms with E-state index < -0.39 is 49.9 Å². The van der Waals surface area contributed by atoms with E-state index in [-0.39, 0.29) is 13.0 Å². The third-order valence-electron chi connectivity index (χ3n) is 2.94. The second kappa shape index (κ2) is 7.94. The monoisotopic (exact) mass is 484 g/mol. The molecule has 17 heteroatoms. The minimum absolute atomic E-state index is 0.211. The van der Waals surface area contributed by atoms with Crippen LogP contribution in [0.2, 0.25) is 0 Å². The summed E-state index contributed by atoms with van der Waals surface area (Å²) in [4.78, 5) is 0. The molecule has 0 aromatic heterocycles. The van der Waals surface area contributed by atoms with E-state index in [1.54, 1.807) is 6.92 Å². The molecule has 0 spiro atoms. The van der Waals surface area contributed by atoms with E-state index in [1.165, 1.54) is 0 Å². The maximum Gasteiger partial charge on any atom is 0.460 e. The fourth-order valence-electron chi connectivity index (χ4n) is 1.40. The van der Waals surface area contributed by atoms with E-state index in [9.17, 15) is 56.7 Å². The van der Waals surface area contributed by atoms with Gasteiger partial charge in [-0.2, -0.15) is 70.9 Å². The van der Waals surface area contributed by atoms with Gasteiger partial charge in [0, 0.05) is 12.5 Å². The van der Waals surface area contributed by atoms with Gasteiger partial charge in [-0.25, -0.2) is 0 Å². The van der Waals surface area contributed by atoms with Gasteiger partial charge >= 0.3 is 39.3 Å². The van der Waals surface area contributed by atoms with Crippen molar-refractivity contribution in [2.45, 2.75) is 49.0 Å². The zero-order valence-electron chi connectivity index (χ0n) is 14.2. The summed E-state index contributed by atoms with van der Waals surface area (Å²) in [5.74, 6) is -23.3. The van der Waals surface area contributed by atoms with Crippen LogP contribution in [0.4, 0.5) is 48.3 Å². The van der Waals surface area contributed by atoms with Crippen molar-refractivity contribution < 1.29 is 64.5 Å². The Hall–Kier alpha value is -0.550. The normalized spacial score (nSPS) is 16.4. The molecule has 172 valence electrons. The first-order valence-electron chi connectivity index (χ1n) is 6.93. The van der Waals surface area contributed by atoms with Gasteiger partial charge in [-0.05, 0) is 6.42 Å². The molecule has 0 bridgehead atoms. The van der Waals surface area contributed by atoms with Crippen LogP contribution >= 0.6 is 10.6 Å². The molecule has 0 heterocycles. The molecular weight excluding hydrogens is 469 g/mol. The summed E-state index contributed by atoms with van der Waals surface area (Å²) in [5.41, 5.74) is 0. The highest BCUT2D eigenvalue weighted by Gasteiger charge is 2.90. The Labute approximate surface area is 154 Å². The first-order chi connectivity index (χ1) is 12.0. The summed E-state index contributed by atoms with van der Waals surface area (Å²) in [7, 11) is -10.8. The number of rotatable bonds is 10. The largest absolute Gasteiger partial charge is 0.460 e. The molecule has 28 heavy (non-hydrogen) atoms. The zero-order valence-corrected chi connectivity index (χ0v) is 15.9. The lowest BCUT2D eigenvalue weighted by Crippen LogP contribution is -2.68. The highest BCUT2D eigenvalue weighted by molar-refractivity contribution is 8.28. The van der Waals surface area contributed by atoms with Crippen LogP contribution in [0.1, 0.15) is 19.8 Å². The van der Waals surface area contributed by atoms with Crippen molar-refractivity contribution in [2.24, 2.45) is 0 Å². The van der Waals surface area contributed by atoms with Gasteiger partial charge in [0.1, 0.15) is 0 Å². The quantitative estimate of drug-likeness (QED) is 0.320. The van der Waals surface area contributed by atoms with Gasteiger partial charge in [0.15, 0.2) is 0 Å². The van der Waals surface area contributed by atoms with Crippen molar-refractivity contribution >= 4 is 20.7 Å². The molecule has 0 rings (SSSR count). The summed E-state index contributed by atoms with van der Waals surface area (Å²) in [6.45, 7) is 1.28. The van der Waals surface area contributed by atoms with Crippen LogP contribution in [0, 0.1) is 0 Å². The molecule has 0 unspecified atom stereocenters. The highest BCUT2D eigenvalue weighted by Crippen LogP contribution is 2.60. The molecule has 0 saturated carbocycles. The third-order valence-corrected chi connectivity index (χ3v) is 6.59. The fourth-order valence-corrected chi connectivity index (χ4v) is 4.58. The Morgan fingerprint density at radius 2 is 1.18 bits per heavy atom. The summed E-state index contributed by atoms with van der Waals surface area (Å²) in [6, 6.07) is 0. The van der Waals surface area contributed by atoms with Crippen molar-refractivity contribution in [3.63, 3.8) is 0 Å². The zero-order chi connectivity index (χ0) is 23.0. The van der Waals surface area contributed by atoms with Gasteiger partial charge in [0.05, 0.1) is 6.61 Å². The molecule has 4 nitrogen and oxygen atoms in total. The van der Waals surface area contributed by atoms with Crippen LogP contribution in [0.25, 0.3) is 0 Å². The molecule has 0 aliphatic rings. The van der Waals surface area contributed by atoms with Crippen molar-refractivity contribution in [3.8, 4) is 0 Å². The molecule has 0 amide bonds. The van der Waals surface area contributed by atoms with Gasteiger partial charge in [-0.3, -0.25) is 4.18 Å². The Bertz CT molecular complexity index is 643. The lowest BCUT2D eigenvalue weighted by atomic mass is 10.0. The van der Waals surface area contributed by atoms with Gasteiger partial charge in [0.25, 0.3) is 0 Å². The summed E-state index contributed by atoms with van der Waals surface area (Å²) in [6.07, 6.45) is -5.42. The predicted molar refractivity (Wildman–Crippen MR) is 76.1 cm³/mol. The molecule has 0 aliphatic heterocycles. The predicted octanol–water partition coefficient (Wildman–Crippen LogP) is 5.10. The van der Waals surface area contributed by atoms with E-state index in [0.29, 0.717) is 18.9 Å². The molecule has 0 atom stereocenters. The number of hydrogen-bond acceptors (Lipinski definition) is 4. The molecule has 0 aromatic carbocycles. The molecule has 0 fully saturated rings. The van der Waals surface area contributed by atoms with Crippen LogP contribution in [0.3, 0.4) is 0 Å². The maximum absolute atomic E-state index is 13.6. The van der Waals surface area contributed by atoms with Crippen molar-refractivity contribution in [2.75, 3.05) is 19.1 Å². The van der Waals surface area contributed by atoms with E-state index in [0.717, 1.165) is 0 Å². The SMILES string of the molecule is CCCCOS(C)(C)OS(=O)(=O)C(F)(F)C(F)(F)C(F)(F)C(F)(F)C(F)(F)F. The van der Waals surface area contributed by atoms with Crippen LogP contribution in [0.15, 0.2) is 0 Å². The second-order valence-electron chi connectivity index (χ2n) is 5.58. The van der Waals surface area contributed by atoms with E-state index in [4.69, 9.17) is 4.18 Å². The van der Waals surface area contributed by atoms with Crippen LogP contribution in [-0.4, -0.2) is 56.7 Å². The van der Waals surface area contributed by atoms with Crippen LogP contribution < -0.4 is 0 Å². The molecule has 0 aromatic rings. The minimum atomic E-state index is -7.85. The standard InChI is InChI=1S/C11H15F11O4S2/c1-4-5-6-25-27(2,3)26-28(23,24)11(21,22)9(16,17)7(12,13)8(14,15)10(18,19)20/h4-6H2,1-3H3. The van der Waals surface area contributed by atoms with Crippen LogP contribution in [-0.2, 0) is 17.9 Å². The average molecular weight is 484 g/mol. The van der Waals surface area contributed by atoms with Gasteiger partial charge in [0.2, 0.25) is 0 Å². The van der Waals surface area contributed by atoms with E-state index >= 15 is 0 Å². The molecule has 0 N–H and O–H groups in total. The molecule has 0 radical (unpaired) electrons. The number of alkyl halides is 11. The summed E-state index contributed by atoms with van der Waals surface area (Å²) < 4.78 is 173. The lowest BCUT2D eigenvalue weighted by molar-refractivity contribution is -0.413. The van der Waals surface area contributed by atoms with Crippen molar-refractivity contribution in [3.05, 3.63) is 0 Å². The topological polar surface area (TPSA) is 52.6 Å². The fraction of sp³-hybridized carbons (Fsp3) is 1.00. The van der Waals surface area contributed by atoms with Crippen molar-refractivity contribution in [1.82, 2.24) is 0 Å². The lowest BCUT2D eigenvalue weighted by Gasteiger charge is -2.39. The highest BCUT2D eigenvalue weighted by atomic mass is 32.3. The first kappa shape index (κ1) is 27.5. The Morgan fingerprint density at radius 3 is 1.54 bits per heavy atom. The minimum Gasteiger partial charge on any atom is -0.284 e. The number of unbranched alkanes of at least 4 members (excludes halogenated alkanes) is 1. The number of halogens is 11. The van der Waals surface area contributed by atoms with Crippen molar-refractivity contribution in [1.29, 1.82) is 0 Å². The Morgan fingerprint density at radius 1 is 0.750 bits per heavy atom.